The number of rotatable bonds is 3. The van der Waals surface area contributed by atoms with Gasteiger partial charge in [-0.15, -0.1) is 0 Å². The SMILES string of the molecule is COC1CNC(c2nc(-c3ncc(Br)cc3Br)no2)C1. The second-order valence-corrected chi connectivity index (χ2v) is 6.26. The zero-order chi connectivity index (χ0) is 14.1. The molecule has 0 saturated carbocycles. The standard InChI is InChI=1S/C12H12Br2N4O2/c1-19-7-3-9(15-5-7)12-17-11(18-20-12)10-8(14)2-6(13)4-16-10/h2,4,7,9,15H,3,5H2,1H3. The molecule has 1 saturated heterocycles. The third kappa shape index (κ3) is 2.78. The Kier molecular flexibility index (Phi) is 4.16. The Bertz CT molecular complexity index is 619. The van der Waals surface area contributed by atoms with Gasteiger partial charge in [-0.1, -0.05) is 5.16 Å². The van der Waals surface area contributed by atoms with Crippen LogP contribution in [0.2, 0.25) is 0 Å². The Labute approximate surface area is 132 Å². The lowest BCUT2D eigenvalue weighted by molar-refractivity contribution is 0.116. The number of methoxy groups -OCH3 is 1. The minimum absolute atomic E-state index is 0.0374. The van der Waals surface area contributed by atoms with Crippen molar-refractivity contribution in [2.75, 3.05) is 13.7 Å². The van der Waals surface area contributed by atoms with E-state index in [1.165, 1.54) is 0 Å². The van der Waals surface area contributed by atoms with Crippen molar-refractivity contribution in [3.8, 4) is 11.5 Å². The molecule has 1 fully saturated rings. The highest BCUT2D eigenvalue weighted by molar-refractivity contribution is 9.11. The van der Waals surface area contributed by atoms with Gasteiger partial charge in [-0.05, 0) is 44.3 Å². The van der Waals surface area contributed by atoms with Gasteiger partial charge < -0.3 is 14.6 Å². The molecule has 2 unspecified atom stereocenters. The van der Waals surface area contributed by atoms with Crippen LogP contribution in [0.15, 0.2) is 25.7 Å². The molecule has 6 nitrogen and oxygen atoms in total. The van der Waals surface area contributed by atoms with E-state index < -0.39 is 0 Å². The number of hydrogen-bond acceptors (Lipinski definition) is 6. The molecule has 1 aliphatic heterocycles. The van der Waals surface area contributed by atoms with Crippen molar-refractivity contribution in [3.63, 3.8) is 0 Å². The first-order valence-electron chi connectivity index (χ1n) is 6.08. The van der Waals surface area contributed by atoms with E-state index in [1.54, 1.807) is 13.3 Å². The highest BCUT2D eigenvalue weighted by Crippen LogP contribution is 2.29. The third-order valence-electron chi connectivity index (χ3n) is 3.18. The normalized spacial score (nSPS) is 22.4. The molecule has 0 amide bonds. The number of hydrogen-bond donors (Lipinski definition) is 1. The van der Waals surface area contributed by atoms with Crippen LogP contribution in [0.1, 0.15) is 18.4 Å². The first kappa shape index (κ1) is 14.1. The van der Waals surface area contributed by atoms with Crippen LogP contribution in [0.25, 0.3) is 11.5 Å². The predicted molar refractivity (Wildman–Crippen MR) is 79.1 cm³/mol. The number of halogens is 2. The summed E-state index contributed by atoms with van der Waals surface area (Å²) in [7, 11) is 1.71. The second kappa shape index (κ2) is 5.88. The second-order valence-electron chi connectivity index (χ2n) is 4.49. The number of nitrogens with one attached hydrogen (secondary N) is 1. The molecule has 106 valence electrons. The van der Waals surface area contributed by atoms with Gasteiger partial charge >= 0.3 is 0 Å². The fourth-order valence-corrected chi connectivity index (χ4v) is 3.29. The van der Waals surface area contributed by atoms with Gasteiger partial charge in [-0.25, -0.2) is 0 Å². The van der Waals surface area contributed by atoms with E-state index in [-0.39, 0.29) is 12.1 Å². The van der Waals surface area contributed by atoms with Crippen LogP contribution in [-0.4, -0.2) is 34.9 Å². The average molecular weight is 404 g/mol. The number of nitrogens with zero attached hydrogens (tertiary/aromatic N) is 3. The monoisotopic (exact) mass is 402 g/mol. The van der Waals surface area contributed by atoms with Crippen LogP contribution in [-0.2, 0) is 4.74 Å². The molecule has 0 bridgehead atoms. The topological polar surface area (TPSA) is 73.1 Å². The van der Waals surface area contributed by atoms with Crippen LogP contribution >= 0.6 is 31.9 Å². The Morgan fingerprint density at radius 3 is 3.00 bits per heavy atom. The van der Waals surface area contributed by atoms with Crippen molar-refractivity contribution >= 4 is 31.9 Å². The molecule has 2 aromatic rings. The van der Waals surface area contributed by atoms with Gasteiger partial charge in [0.2, 0.25) is 11.7 Å². The molecule has 3 rings (SSSR count). The Morgan fingerprint density at radius 2 is 2.30 bits per heavy atom. The van der Waals surface area contributed by atoms with Crippen LogP contribution < -0.4 is 5.32 Å². The lowest BCUT2D eigenvalue weighted by Crippen LogP contribution is -2.16. The smallest absolute Gasteiger partial charge is 0.244 e. The molecule has 0 aromatic carbocycles. The van der Waals surface area contributed by atoms with Crippen molar-refractivity contribution in [1.82, 2.24) is 20.4 Å². The summed E-state index contributed by atoms with van der Waals surface area (Å²) in [6, 6.07) is 1.93. The minimum Gasteiger partial charge on any atom is -0.380 e. The molecular formula is C12H12Br2N4O2. The summed E-state index contributed by atoms with van der Waals surface area (Å²) in [4.78, 5) is 8.71. The molecule has 2 atom stereocenters. The fourth-order valence-electron chi connectivity index (χ4n) is 2.12. The molecule has 20 heavy (non-hydrogen) atoms. The zero-order valence-corrected chi connectivity index (χ0v) is 13.8. The van der Waals surface area contributed by atoms with Crippen molar-refractivity contribution in [2.24, 2.45) is 0 Å². The Balaban J connectivity index is 1.83. The summed E-state index contributed by atoms with van der Waals surface area (Å²) in [5.74, 6) is 1.04. The highest BCUT2D eigenvalue weighted by Gasteiger charge is 2.29. The highest BCUT2D eigenvalue weighted by atomic mass is 79.9. The molecule has 1 N–H and O–H groups in total. The third-order valence-corrected chi connectivity index (χ3v) is 4.22. The van der Waals surface area contributed by atoms with Crippen LogP contribution in [0.5, 0.6) is 0 Å². The van der Waals surface area contributed by atoms with E-state index in [2.05, 4.69) is 52.3 Å². The lowest BCUT2D eigenvalue weighted by atomic mass is 10.2. The van der Waals surface area contributed by atoms with Crippen molar-refractivity contribution < 1.29 is 9.26 Å². The van der Waals surface area contributed by atoms with E-state index in [0.29, 0.717) is 17.4 Å². The van der Waals surface area contributed by atoms with Gasteiger partial charge in [0.05, 0.1) is 12.1 Å². The molecule has 0 spiro atoms. The molecule has 0 radical (unpaired) electrons. The molecular weight excluding hydrogens is 392 g/mol. The van der Waals surface area contributed by atoms with Gasteiger partial charge in [0.15, 0.2) is 0 Å². The van der Waals surface area contributed by atoms with E-state index in [0.717, 1.165) is 21.9 Å². The summed E-state index contributed by atoms with van der Waals surface area (Å²) < 4.78 is 12.3. The van der Waals surface area contributed by atoms with Crippen LogP contribution in [0, 0.1) is 0 Å². The van der Waals surface area contributed by atoms with Crippen molar-refractivity contribution in [3.05, 3.63) is 27.1 Å². The van der Waals surface area contributed by atoms with Crippen molar-refractivity contribution in [2.45, 2.75) is 18.6 Å². The average Bonchev–Trinajstić information content (AvgIpc) is 3.07. The van der Waals surface area contributed by atoms with Gasteiger partial charge in [0, 0.05) is 28.8 Å². The molecule has 1 aliphatic rings. The first-order chi connectivity index (χ1) is 9.67. The van der Waals surface area contributed by atoms with Gasteiger partial charge in [0.1, 0.15) is 5.69 Å². The van der Waals surface area contributed by atoms with Gasteiger partial charge in [-0.3, -0.25) is 4.98 Å². The first-order valence-corrected chi connectivity index (χ1v) is 7.67. The van der Waals surface area contributed by atoms with Gasteiger partial charge in [-0.2, -0.15) is 4.98 Å². The number of ether oxygens (including phenoxy) is 1. The van der Waals surface area contributed by atoms with Crippen LogP contribution in [0.3, 0.4) is 0 Å². The van der Waals surface area contributed by atoms with E-state index in [4.69, 9.17) is 9.26 Å². The zero-order valence-electron chi connectivity index (χ0n) is 10.6. The fraction of sp³-hybridized carbons (Fsp3) is 0.417. The molecule has 3 heterocycles. The largest absolute Gasteiger partial charge is 0.380 e. The van der Waals surface area contributed by atoms with Crippen LogP contribution in [0.4, 0.5) is 0 Å². The maximum atomic E-state index is 5.33. The summed E-state index contributed by atoms with van der Waals surface area (Å²) in [6.45, 7) is 0.791. The van der Waals surface area contributed by atoms with Crippen molar-refractivity contribution in [1.29, 1.82) is 0 Å². The number of pyridine rings is 1. The maximum absolute atomic E-state index is 5.33. The predicted octanol–water partition coefficient (Wildman–Crippen LogP) is 2.71. The molecule has 2 aromatic heterocycles. The maximum Gasteiger partial charge on any atom is 0.244 e. The lowest BCUT2D eigenvalue weighted by Gasteiger charge is -2.04. The van der Waals surface area contributed by atoms with E-state index in [9.17, 15) is 0 Å². The van der Waals surface area contributed by atoms with E-state index in [1.807, 2.05) is 6.07 Å². The Hall–Kier alpha value is -0.830. The van der Waals surface area contributed by atoms with E-state index >= 15 is 0 Å². The Morgan fingerprint density at radius 1 is 1.45 bits per heavy atom. The molecule has 0 aliphatic carbocycles. The van der Waals surface area contributed by atoms with Gasteiger partial charge in [0.25, 0.3) is 0 Å². The summed E-state index contributed by atoms with van der Waals surface area (Å²) in [5.41, 5.74) is 0.657. The minimum atomic E-state index is 0.0374. The molecule has 8 heteroatoms. The summed E-state index contributed by atoms with van der Waals surface area (Å²) >= 11 is 6.81. The summed E-state index contributed by atoms with van der Waals surface area (Å²) in [6.07, 6.45) is 2.71. The number of aromatic nitrogens is 3. The quantitative estimate of drug-likeness (QED) is 0.849. The summed E-state index contributed by atoms with van der Waals surface area (Å²) in [5, 5.41) is 7.30.